The first-order valence-electron chi connectivity index (χ1n) is 10.3. The van der Waals surface area contributed by atoms with Gasteiger partial charge in [-0.2, -0.15) is 0 Å². The second-order valence-electron chi connectivity index (χ2n) is 8.27. The Morgan fingerprint density at radius 2 is 1.83 bits per heavy atom. The van der Waals surface area contributed by atoms with Gasteiger partial charge in [-0.25, -0.2) is 12.7 Å². The quantitative estimate of drug-likeness (QED) is 0.658. The monoisotopic (exact) mass is 425 g/mol. The van der Waals surface area contributed by atoms with Crippen LogP contribution in [0.25, 0.3) is 0 Å². The van der Waals surface area contributed by atoms with Crippen LogP contribution < -0.4 is 10.2 Å². The Hall–Kier alpha value is -1.64. The molecule has 29 heavy (non-hydrogen) atoms. The zero-order valence-corrected chi connectivity index (χ0v) is 19.1. The normalized spacial score (nSPS) is 16.3. The number of hydrogen-bond donors (Lipinski definition) is 1. The molecule has 0 saturated carbocycles. The minimum Gasteiger partial charge on any atom is -0.378 e. The Labute approximate surface area is 175 Å². The molecule has 1 aromatic carbocycles. The van der Waals surface area contributed by atoms with Crippen LogP contribution in [0.15, 0.2) is 23.1 Å². The van der Waals surface area contributed by atoms with Gasteiger partial charge in [-0.1, -0.05) is 26.7 Å². The van der Waals surface area contributed by atoms with Crippen LogP contribution in [0.1, 0.15) is 50.4 Å². The van der Waals surface area contributed by atoms with E-state index in [-0.39, 0.29) is 16.8 Å². The number of morpholine rings is 1. The maximum Gasteiger partial charge on any atom is 0.253 e. The number of anilines is 1. The zero-order valence-electron chi connectivity index (χ0n) is 18.3. The molecule has 1 amide bonds. The molecule has 1 aliphatic rings. The van der Waals surface area contributed by atoms with Crippen LogP contribution in [0.2, 0.25) is 0 Å². The fourth-order valence-corrected chi connectivity index (χ4v) is 4.28. The molecule has 164 valence electrons. The Bertz CT molecular complexity index is 787. The molecule has 1 heterocycles. The van der Waals surface area contributed by atoms with Gasteiger partial charge in [0.1, 0.15) is 0 Å². The standard InChI is InChI=1S/C21H35N3O4S/c1-16(2)7-6-8-17(3)22-21(25)19-15-18(29(26,27)23(4)5)9-10-20(19)24-11-13-28-14-12-24/h9-10,15-17H,6-8,11-14H2,1-5H3,(H,22,25). The van der Waals surface area contributed by atoms with Crippen molar-refractivity contribution in [1.82, 2.24) is 9.62 Å². The summed E-state index contributed by atoms with van der Waals surface area (Å²) in [5, 5.41) is 3.05. The molecule has 1 atom stereocenters. The van der Waals surface area contributed by atoms with Crippen molar-refractivity contribution in [2.75, 3.05) is 45.3 Å². The Kier molecular flexibility index (Phi) is 8.48. The third-order valence-corrected chi connectivity index (χ3v) is 6.95. The average molecular weight is 426 g/mol. The van der Waals surface area contributed by atoms with E-state index in [1.165, 1.54) is 20.2 Å². The van der Waals surface area contributed by atoms with E-state index in [1.54, 1.807) is 12.1 Å². The lowest BCUT2D eigenvalue weighted by atomic mass is 10.0. The van der Waals surface area contributed by atoms with Crippen LogP contribution in [0.3, 0.4) is 0 Å². The van der Waals surface area contributed by atoms with Gasteiger partial charge in [0.15, 0.2) is 0 Å². The highest BCUT2D eigenvalue weighted by molar-refractivity contribution is 7.89. The molecular formula is C21H35N3O4S. The third kappa shape index (κ3) is 6.42. The molecule has 0 aromatic heterocycles. The molecule has 0 radical (unpaired) electrons. The number of benzene rings is 1. The summed E-state index contributed by atoms with van der Waals surface area (Å²) in [5.41, 5.74) is 1.14. The summed E-state index contributed by atoms with van der Waals surface area (Å²) in [5.74, 6) is 0.401. The number of hydrogen-bond acceptors (Lipinski definition) is 5. The van der Waals surface area contributed by atoms with Crippen molar-refractivity contribution in [3.05, 3.63) is 23.8 Å². The molecular weight excluding hydrogens is 390 g/mol. The van der Waals surface area contributed by atoms with Crippen LogP contribution in [0, 0.1) is 5.92 Å². The number of carbonyl (C=O) groups is 1. The second-order valence-corrected chi connectivity index (χ2v) is 10.4. The number of sulfonamides is 1. The SMILES string of the molecule is CC(C)CCCC(C)NC(=O)c1cc(S(=O)(=O)N(C)C)ccc1N1CCOCC1. The van der Waals surface area contributed by atoms with Crippen molar-refractivity contribution in [3.8, 4) is 0 Å². The van der Waals surface area contributed by atoms with Crippen molar-refractivity contribution in [2.45, 2.75) is 51.0 Å². The largest absolute Gasteiger partial charge is 0.378 e. The van der Waals surface area contributed by atoms with Crippen molar-refractivity contribution in [3.63, 3.8) is 0 Å². The Balaban J connectivity index is 2.28. The van der Waals surface area contributed by atoms with E-state index in [0.29, 0.717) is 37.8 Å². The van der Waals surface area contributed by atoms with Gasteiger partial charge in [0.05, 0.1) is 23.7 Å². The highest BCUT2D eigenvalue weighted by Gasteiger charge is 2.24. The van der Waals surface area contributed by atoms with Gasteiger partial charge in [-0.05, 0) is 37.5 Å². The van der Waals surface area contributed by atoms with Crippen LogP contribution in [0.5, 0.6) is 0 Å². The van der Waals surface area contributed by atoms with E-state index in [2.05, 4.69) is 24.1 Å². The van der Waals surface area contributed by atoms with Crippen molar-refractivity contribution >= 4 is 21.6 Å². The van der Waals surface area contributed by atoms with Gasteiger partial charge in [-0.3, -0.25) is 4.79 Å². The lowest BCUT2D eigenvalue weighted by Crippen LogP contribution is -2.39. The van der Waals surface area contributed by atoms with Crippen molar-refractivity contribution in [2.24, 2.45) is 5.92 Å². The van der Waals surface area contributed by atoms with E-state index in [9.17, 15) is 13.2 Å². The van der Waals surface area contributed by atoms with Gasteiger partial charge in [0, 0.05) is 38.9 Å². The highest BCUT2D eigenvalue weighted by atomic mass is 32.2. The van der Waals surface area contributed by atoms with E-state index < -0.39 is 10.0 Å². The van der Waals surface area contributed by atoms with Crippen molar-refractivity contribution in [1.29, 1.82) is 0 Å². The number of nitrogens with zero attached hydrogens (tertiary/aromatic N) is 2. The predicted octanol–water partition coefficient (Wildman–Crippen LogP) is 2.72. The first kappa shape index (κ1) is 23.6. The molecule has 0 aliphatic carbocycles. The average Bonchev–Trinajstić information content (AvgIpc) is 2.67. The molecule has 2 rings (SSSR count). The van der Waals surface area contributed by atoms with Gasteiger partial charge >= 0.3 is 0 Å². The third-order valence-electron chi connectivity index (χ3n) is 5.14. The van der Waals surface area contributed by atoms with E-state index in [4.69, 9.17) is 4.74 Å². The summed E-state index contributed by atoms with van der Waals surface area (Å²) in [6, 6.07) is 4.83. The van der Waals surface area contributed by atoms with Gasteiger partial charge in [0.2, 0.25) is 10.0 Å². The number of nitrogens with one attached hydrogen (secondary N) is 1. The van der Waals surface area contributed by atoms with Gasteiger partial charge < -0.3 is 15.0 Å². The molecule has 1 N–H and O–H groups in total. The van der Waals surface area contributed by atoms with Crippen LogP contribution in [-0.2, 0) is 14.8 Å². The predicted molar refractivity (Wildman–Crippen MR) is 116 cm³/mol. The fraction of sp³-hybridized carbons (Fsp3) is 0.667. The number of amides is 1. The molecule has 1 saturated heterocycles. The van der Waals surface area contributed by atoms with Gasteiger partial charge in [0.25, 0.3) is 5.91 Å². The number of carbonyl (C=O) groups excluding carboxylic acids is 1. The smallest absolute Gasteiger partial charge is 0.253 e. The second kappa shape index (κ2) is 10.4. The summed E-state index contributed by atoms with van der Waals surface area (Å²) in [7, 11) is -0.647. The summed E-state index contributed by atoms with van der Waals surface area (Å²) in [4.78, 5) is 15.3. The summed E-state index contributed by atoms with van der Waals surface area (Å²) in [6.07, 6.45) is 3.06. The lowest BCUT2D eigenvalue weighted by molar-refractivity contribution is 0.0936. The molecule has 1 unspecified atom stereocenters. The minimum atomic E-state index is -3.62. The van der Waals surface area contributed by atoms with Crippen LogP contribution >= 0.6 is 0 Å². The van der Waals surface area contributed by atoms with E-state index in [1.807, 2.05) is 6.92 Å². The first-order valence-corrected chi connectivity index (χ1v) is 11.8. The lowest BCUT2D eigenvalue weighted by Gasteiger charge is -2.31. The molecule has 1 aliphatic heterocycles. The molecule has 7 nitrogen and oxygen atoms in total. The zero-order chi connectivity index (χ0) is 21.6. The summed E-state index contributed by atoms with van der Waals surface area (Å²) in [6.45, 7) is 8.89. The minimum absolute atomic E-state index is 0.0212. The maximum absolute atomic E-state index is 13.1. The fourth-order valence-electron chi connectivity index (χ4n) is 3.35. The summed E-state index contributed by atoms with van der Waals surface area (Å²) < 4.78 is 31.7. The topological polar surface area (TPSA) is 79.0 Å². The molecule has 1 fully saturated rings. The Morgan fingerprint density at radius 3 is 2.41 bits per heavy atom. The van der Waals surface area contributed by atoms with E-state index >= 15 is 0 Å². The first-order chi connectivity index (χ1) is 13.6. The molecule has 0 bridgehead atoms. The summed E-state index contributed by atoms with van der Waals surface area (Å²) >= 11 is 0. The molecule has 1 aromatic rings. The van der Waals surface area contributed by atoms with Crippen LogP contribution in [-0.4, -0.2) is 65.1 Å². The maximum atomic E-state index is 13.1. The molecule has 8 heteroatoms. The van der Waals surface area contributed by atoms with E-state index in [0.717, 1.165) is 29.3 Å². The Morgan fingerprint density at radius 1 is 1.17 bits per heavy atom. The van der Waals surface area contributed by atoms with Crippen LogP contribution in [0.4, 0.5) is 5.69 Å². The number of rotatable bonds is 9. The highest BCUT2D eigenvalue weighted by Crippen LogP contribution is 2.26. The van der Waals surface area contributed by atoms with Crippen molar-refractivity contribution < 1.29 is 17.9 Å². The molecule has 0 spiro atoms. The van der Waals surface area contributed by atoms with Gasteiger partial charge in [-0.15, -0.1) is 0 Å². The number of ether oxygens (including phenoxy) is 1.